The number of hydrogen-bond acceptors (Lipinski definition) is 6. The number of anilines is 1. The Balaban J connectivity index is 1.46. The maximum atomic E-state index is 5.54. The van der Waals surface area contributed by atoms with Crippen molar-refractivity contribution in [2.75, 3.05) is 50.8 Å². The Bertz CT molecular complexity index is 415. The first-order valence-corrected chi connectivity index (χ1v) is 7.90. The first kappa shape index (κ1) is 14.7. The van der Waals surface area contributed by atoms with Crippen LogP contribution < -0.4 is 10.2 Å². The van der Waals surface area contributed by atoms with Crippen LogP contribution in [0.5, 0.6) is 0 Å². The van der Waals surface area contributed by atoms with E-state index in [4.69, 9.17) is 4.74 Å². The van der Waals surface area contributed by atoms with Crippen LogP contribution in [0.3, 0.4) is 0 Å². The van der Waals surface area contributed by atoms with E-state index in [1.54, 1.807) is 0 Å². The number of nitrogens with one attached hydrogen (secondary N) is 1. The van der Waals surface area contributed by atoms with E-state index in [2.05, 4.69) is 32.0 Å². The van der Waals surface area contributed by atoms with Crippen molar-refractivity contribution in [3.8, 4) is 0 Å². The molecule has 1 aromatic rings. The molecule has 0 saturated carbocycles. The average Bonchev–Trinajstić information content (AvgIpc) is 2.57. The van der Waals surface area contributed by atoms with Crippen molar-refractivity contribution in [2.24, 2.45) is 0 Å². The van der Waals surface area contributed by atoms with Gasteiger partial charge in [-0.1, -0.05) is 0 Å². The van der Waals surface area contributed by atoms with Crippen molar-refractivity contribution in [2.45, 2.75) is 25.4 Å². The van der Waals surface area contributed by atoms with Gasteiger partial charge in [0.15, 0.2) is 0 Å². The van der Waals surface area contributed by atoms with Gasteiger partial charge in [-0.05, 0) is 19.4 Å². The molecule has 3 rings (SSSR count). The summed E-state index contributed by atoms with van der Waals surface area (Å²) in [4.78, 5) is 13.5. The fraction of sp³-hybridized carbons (Fsp3) is 0.733. The van der Waals surface area contributed by atoms with Crippen LogP contribution in [0.2, 0.25) is 0 Å². The molecule has 2 aliphatic rings. The van der Waals surface area contributed by atoms with E-state index in [0.717, 1.165) is 58.3 Å². The Morgan fingerprint density at radius 1 is 1.29 bits per heavy atom. The molecule has 2 unspecified atom stereocenters. The molecule has 2 fully saturated rings. The van der Waals surface area contributed by atoms with Crippen LogP contribution in [0.15, 0.2) is 18.5 Å². The van der Waals surface area contributed by atoms with Crippen molar-refractivity contribution >= 4 is 5.95 Å². The number of nitrogens with zero attached hydrogens (tertiary/aromatic N) is 4. The van der Waals surface area contributed by atoms with E-state index in [1.165, 1.54) is 0 Å². The Morgan fingerprint density at radius 2 is 2.05 bits per heavy atom. The van der Waals surface area contributed by atoms with Gasteiger partial charge in [-0.15, -0.1) is 0 Å². The highest BCUT2D eigenvalue weighted by atomic mass is 16.5. The van der Waals surface area contributed by atoms with E-state index in [1.807, 2.05) is 18.5 Å². The van der Waals surface area contributed by atoms with Gasteiger partial charge in [0.1, 0.15) is 0 Å². The quantitative estimate of drug-likeness (QED) is 0.865. The van der Waals surface area contributed by atoms with Crippen LogP contribution in [0.1, 0.15) is 13.3 Å². The highest BCUT2D eigenvalue weighted by Crippen LogP contribution is 2.15. The zero-order valence-corrected chi connectivity index (χ0v) is 12.7. The number of ether oxygens (including phenoxy) is 1. The topological polar surface area (TPSA) is 53.5 Å². The van der Waals surface area contributed by atoms with Gasteiger partial charge in [0.25, 0.3) is 0 Å². The molecular weight excluding hydrogens is 266 g/mol. The molecule has 6 heteroatoms. The minimum atomic E-state index is 0.504. The fourth-order valence-corrected chi connectivity index (χ4v) is 3.15. The molecule has 0 aliphatic carbocycles. The van der Waals surface area contributed by atoms with Gasteiger partial charge < -0.3 is 15.0 Å². The van der Waals surface area contributed by atoms with E-state index in [9.17, 15) is 0 Å². The molecule has 1 N–H and O–H groups in total. The second-order valence-corrected chi connectivity index (χ2v) is 5.88. The third-order valence-electron chi connectivity index (χ3n) is 4.40. The average molecular weight is 291 g/mol. The Hall–Kier alpha value is -1.24. The van der Waals surface area contributed by atoms with Gasteiger partial charge in [0.2, 0.25) is 5.95 Å². The monoisotopic (exact) mass is 291 g/mol. The van der Waals surface area contributed by atoms with Gasteiger partial charge in [-0.25, -0.2) is 9.97 Å². The Morgan fingerprint density at radius 3 is 2.71 bits per heavy atom. The molecule has 1 aromatic heterocycles. The van der Waals surface area contributed by atoms with Crippen LogP contribution in [0, 0.1) is 0 Å². The molecule has 6 nitrogen and oxygen atoms in total. The Labute approximate surface area is 126 Å². The summed E-state index contributed by atoms with van der Waals surface area (Å²) in [6.07, 6.45) is 4.78. The normalized spacial score (nSPS) is 25.8. The lowest BCUT2D eigenvalue weighted by Gasteiger charge is -2.39. The largest absolute Gasteiger partial charge is 0.379 e. The maximum Gasteiger partial charge on any atom is 0.225 e. The molecule has 2 atom stereocenters. The first-order valence-electron chi connectivity index (χ1n) is 7.90. The lowest BCUT2D eigenvalue weighted by molar-refractivity contribution is 0.0611. The SMILES string of the molecule is CC(CC1COCCN1)N1CCN(c2ncccn2)CC1. The summed E-state index contributed by atoms with van der Waals surface area (Å²) >= 11 is 0. The van der Waals surface area contributed by atoms with E-state index < -0.39 is 0 Å². The molecule has 0 aromatic carbocycles. The summed E-state index contributed by atoms with van der Waals surface area (Å²) < 4.78 is 5.54. The van der Waals surface area contributed by atoms with Crippen LogP contribution in [-0.4, -0.2) is 72.9 Å². The lowest BCUT2D eigenvalue weighted by atomic mass is 10.1. The summed E-state index contributed by atoms with van der Waals surface area (Å²) in [5.74, 6) is 0.854. The van der Waals surface area contributed by atoms with Crippen LogP contribution in [-0.2, 0) is 4.74 Å². The summed E-state index contributed by atoms with van der Waals surface area (Å²) in [5, 5.41) is 3.54. The zero-order chi connectivity index (χ0) is 14.5. The highest BCUT2D eigenvalue weighted by molar-refractivity contribution is 5.29. The van der Waals surface area contributed by atoms with Crippen molar-refractivity contribution < 1.29 is 4.74 Å². The molecule has 21 heavy (non-hydrogen) atoms. The third kappa shape index (κ3) is 3.90. The van der Waals surface area contributed by atoms with Gasteiger partial charge in [-0.3, -0.25) is 4.90 Å². The maximum absolute atomic E-state index is 5.54. The molecule has 116 valence electrons. The summed E-state index contributed by atoms with van der Waals surface area (Å²) in [6, 6.07) is 2.95. The molecule has 0 radical (unpaired) electrons. The number of aromatic nitrogens is 2. The summed E-state index contributed by atoms with van der Waals surface area (Å²) in [6.45, 7) is 9.16. The molecule has 2 saturated heterocycles. The molecule has 0 amide bonds. The van der Waals surface area contributed by atoms with E-state index >= 15 is 0 Å². The minimum absolute atomic E-state index is 0.504. The first-order chi connectivity index (χ1) is 10.3. The van der Waals surface area contributed by atoms with Gasteiger partial charge >= 0.3 is 0 Å². The smallest absolute Gasteiger partial charge is 0.225 e. The van der Waals surface area contributed by atoms with Crippen LogP contribution in [0.4, 0.5) is 5.95 Å². The minimum Gasteiger partial charge on any atom is -0.379 e. The second-order valence-electron chi connectivity index (χ2n) is 5.88. The third-order valence-corrected chi connectivity index (χ3v) is 4.40. The number of morpholine rings is 1. The lowest BCUT2D eigenvalue weighted by Crippen LogP contribution is -2.52. The molecule has 2 aliphatic heterocycles. The van der Waals surface area contributed by atoms with Crippen molar-refractivity contribution in [1.82, 2.24) is 20.2 Å². The number of hydrogen-bond donors (Lipinski definition) is 1. The predicted octanol–water partition coefficient (Wildman–Crippen LogP) is 0.366. The number of piperazine rings is 1. The van der Waals surface area contributed by atoms with Crippen LogP contribution >= 0.6 is 0 Å². The van der Waals surface area contributed by atoms with Gasteiger partial charge in [0.05, 0.1) is 13.2 Å². The highest BCUT2D eigenvalue weighted by Gasteiger charge is 2.25. The second kappa shape index (κ2) is 7.15. The van der Waals surface area contributed by atoms with E-state index in [-0.39, 0.29) is 0 Å². The fourth-order valence-electron chi connectivity index (χ4n) is 3.15. The summed E-state index contributed by atoms with van der Waals surface area (Å²) in [7, 11) is 0. The molecule has 0 bridgehead atoms. The van der Waals surface area contributed by atoms with Crippen molar-refractivity contribution in [3.05, 3.63) is 18.5 Å². The van der Waals surface area contributed by atoms with E-state index in [0.29, 0.717) is 12.1 Å². The van der Waals surface area contributed by atoms with Gasteiger partial charge in [-0.2, -0.15) is 0 Å². The molecule has 3 heterocycles. The van der Waals surface area contributed by atoms with Crippen molar-refractivity contribution in [1.29, 1.82) is 0 Å². The standard InChI is InChI=1S/C15H25N5O/c1-13(11-14-12-21-10-5-16-14)19-6-8-20(9-7-19)15-17-3-2-4-18-15/h2-4,13-14,16H,5-12H2,1H3. The predicted molar refractivity (Wildman–Crippen MR) is 82.5 cm³/mol. The molecular formula is C15H25N5O. The van der Waals surface area contributed by atoms with Gasteiger partial charge in [0, 0.05) is 57.2 Å². The van der Waals surface area contributed by atoms with Crippen LogP contribution in [0.25, 0.3) is 0 Å². The molecule has 0 spiro atoms. The number of rotatable bonds is 4. The van der Waals surface area contributed by atoms with Crippen molar-refractivity contribution in [3.63, 3.8) is 0 Å². The zero-order valence-electron chi connectivity index (χ0n) is 12.7. The summed E-state index contributed by atoms with van der Waals surface area (Å²) in [5.41, 5.74) is 0. The Kier molecular flexibility index (Phi) is 5.00.